The van der Waals surface area contributed by atoms with E-state index in [1.54, 1.807) is 6.07 Å². The number of aliphatic imine (C=N–C) groups is 1. The number of nitrogens with zero attached hydrogens (tertiary/aromatic N) is 5. The van der Waals surface area contributed by atoms with Gasteiger partial charge in [0.2, 0.25) is 0 Å². The van der Waals surface area contributed by atoms with Crippen LogP contribution in [0.15, 0.2) is 89.9 Å². The second-order valence-corrected chi connectivity index (χ2v) is 10.6. The lowest BCUT2D eigenvalue weighted by molar-refractivity contribution is 0.145. The van der Waals surface area contributed by atoms with Crippen molar-refractivity contribution in [2.75, 3.05) is 26.2 Å². The largest absolute Gasteiger partial charge is 0.372 e. The Morgan fingerprint density at radius 1 is 1.03 bits per heavy atom. The Kier molecular flexibility index (Phi) is 7.00. The van der Waals surface area contributed by atoms with Crippen molar-refractivity contribution in [1.82, 2.24) is 19.2 Å². The molecule has 6 rings (SSSR count). The zero-order chi connectivity index (χ0) is 26.9. The lowest BCUT2D eigenvalue weighted by Gasteiger charge is -2.38. The van der Waals surface area contributed by atoms with Crippen LogP contribution in [0.1, 0.15) is 36.1 Å². The quantitative estimate of drug-likeness (QED) is 0.352. The molecule has 0 N–H and O–H groups in total. The summed E-state index contributed by atoms with van der Waals surface area (Å²) < 4.78 is 31.5. The third-order valence-electron chi connectivity index (χ3n) is 7.98. The number of rotatable bonds is 6. The molecule has 0 spiro atoms. The molecule has 0 radical (unpaired) electrons. The first-order valence-electron chi connectivity index (χ1n) is 13.7. The predicted molar refractivity (Wildman–Crippen MR) is 154 cm³/mol. The summed E-state index contributed by atoms with van der Waals surface area (Å²) in [6, 6.07) is 12.0. The Labute approximate surface area is 228 Å². The summed E-state index contributed by atoms with van der Waals surface area (Å²) in [5.74, 6) is -0.581. The SMILES string of the molecule is C=C(C1C=CN=CC1)N1CCN(Cc2c(-c3ccc(C)cc3)nc3ccc(C4=C(F)CCC=C4F)cn23)CC1. The highest BCUT2D eigenvalue weighted by atomic mass is 19.1. The summed E-state index contributed by atoms with van der Waals surface area (Å²) in [7, 11) is 0. The van der Waals surface area contributed by atoms with Crippen molar-refractivity contribution in [1.29, 1.82) is 0 Å². The van der Waals surface area contributed by atoms with Crippen LogP contribution in [-0.2, 0) is 6.54 Å². The third-order valence-corrected chi connectivity index (χ3v) is 7.98. The molecular formula is C32H33F2N5. The molecule has 1 saturated heterocycles. The molecule has 39 heavy (non-hydrogen) atoms. The Balaban J connectivity index is 1.31. The molecule has 1 atom stereocenters. The minimum Gasteiger partial charge on any atom is -0.372 e. The minimum absolute atomic E-state index is 0.0635. The maximum Gasteiger partial charge on any atom is 0.137 e. The van der Waals surface area contributed by atoms with Gasteiger partial charge in [-0.2, -0.15) is 0 Å². The summed E-state index contributed by atoms with van der Waals surface area (Å²) in [4.78, 5) is 14.0. The van der Waals surface area contributed by atoms with Crippen molar-refractivity contribution in [2.24, 2.45) is 10.9 Å². The summed E-state index contributed by atoms with van der Waals surface area (Å²) in [6.45, 7) is 10.7. The number of halogens is 2. The molecule has 1 aromatic carbocycles. The van der Waals surface area contributed by atoms with E-state index in [-0.39, 0.29) is 12.0 Å². The van der Waals surface area contributed by atoms with Gasteiger partial charge in [-0.3, -0.25) is 9.89 Å². The number of benzene rings is 1. The summed E-state index contributed by atoms with van der Waals surface area (Å²) in [5.41, 5.74) is 6.66. The number of hydrogen-bond donors (Lipinski definition) is 0. The van der Waals surface area contributed by atoms with Crippen molar-refractivity contribution in [2.45, 2.75) is 32.7 Å². The average molecular weight is 526 g/mol. The van der Waals surface area contributed by atoms with Gasteiger partial charge in [0.15, 0.2) is 0 Å². The van der Waals surface area contributed by atoms with Gasteiger partial charge in [-0.1, -0.05) is 42.5 Å². The summed E-state index contributed by atoms with van der Waals surface area (Å²) in [6.07, 6.45) is 10.8. The predicted octanol–water partition coefficient (Wildman–Crippen LogP) is 6.87. The van der Waals surface area contributed by atoms with Crippen molar-refractivity contribution in [3.63, 3.8) is 0 Å². The number of allylic oxidation sites excluding steroid dienone is 5. The van der Waals surface area contributed by atoms with Crippen LogP contribution in [0, 0.1) is 12.8 Å². The van der Waals surface area contributed by atoms with Crippen LogP contribution in [0.4, 0.5) is 8.78 Å². The van der Waals surface area contributed by atoms with E-state index in [1.807, 2.05) is 29.1 Å². The number of piperazine rings is 1. The fraction of sp³-hybridized carbons (Fsp3) is 0.312. The van der Waals surface area contributed by atoms with E-state index in [4.69, 9.17) is 4.98 Å². The first-order valence-corrected chi connectivity index (χ1v) is 13.7. The number of pyridine rings is 1. The lowest BCUT2D eigenvalue weighted by atomic mass is 9.98. The number of fused-ring (bicyclic) bond motifs is 1. The van der Waals surface area contributed by atoms with Crippen molar-refractivity contribution in [3.05, 3.63) is 102 Å². The van der Waals surface area contributed by atoms with Crippen molar-refractivity contribution >= 4 is 17.4 Å². The average Bonchev–Trinajstić information content (AvgIpc) is 3.31. The van der Waals surface area contributed by atoms with E-state index in [0.717, 1.165) is 60.9 Å². The van der Waals surface area contributed by atoms with Gasteiger partial charge in [-0.25, -0.2) is 13.8 Å². The number of imidazole rings is 1. The Hall–Kier alpha value is -3.84. The van der Waals surface area contributed by atoms with Crippen LogP contribution >= 0.6 is 0 Å². The topological polar surface area (TPSA) is 36.1 Å². The normalized spacial score (nSPS) is 20.1. The van der Waals surface area contributed by atoms with Crippen molar-refractivity contribution in [3.8, 4) is 11.3 Å². The Morgan fingerprint density at radius 2 is 1.79 bits per heavy atom. The monoisotopic (exact) mass is 525 g/mol. The van der Waals surface area contributed by atoms with Gasteiger partial charge in [0.05, 0.1) is 17.0 Å². The second-order valence-electron chi connectivity index (χ2n) is 10.6. The molecule has 5 nitrogen and oxygen atoms in total. The smallest absolute Gasteiger partial charge is 0.137 e. The van der Waals surface area contributed by atoms with E-state index in [9.17, 15) is 8.78 Å². The molecule has 0 saturated carbocycles. The molecule has 1 fully saturated rings. The van der Waals surface area contributed by atoms with Crippen LogP contribution in [0.2, 0.25) is 0 Å². The van der Waals surface area contributed by atoms with Crippen molar-refractivity contribution < 1.29 is 8.78 Å². The van der Waals surface area contributed by atoms with Gasteiger partial charge in [-0.15, -0.1) is 0 Å². The summed E-state index contributed by atoms with van der Waals surface area (Å²) >= 11 is 0. The maximum atomic E-state index is 14.7. The first kappa shape index (κ1) is 25.4. The van der Waals surface area contributed by atoms with Gasteiger partial charge >= 0.3 is 0 Å². The molecule has 2 aliphatic heterocycles. The molecule has 7 heteroatoms. The van der Waals surface area contributed by atoms with Gasteiger partial charge in [0.1, 0.15) is 17.3 Å². The zero-order valence-electron chi connectivity index (χ0n) is 22.3. The number of aromatic nitrogens is 2. The molecule has 0 bridgehead atoms. The molecular weight excluding hydrogens is 492 g/mol. The molecule has 1 aliphatic carbocycles. The van der Waals surface area contributed by atoms with Crippen LogP contribution < -0.4 is 0 Å². The molecule has 4 heterocycles. The van der Waals surface area contributed by atoms with Gasteiger partial charge in [0.25, 0.3) is 0 Å². The molecule has 2 aromatic heterocycles. The number of hydrogen-bond acceptors (Lipinski definition) is 4. The van der Waals surface area contributed by atoms with E-state index in [2.05, 4.69) is 58.6 Å². The van der Waals surface area contributed by atoms with Gasteiger partial charge < -0.3 is 9.30 Å². The maximum absolute atomic E-state index is 14.7. The molecule has 3 aromatic rings. The van der Waals surface area contributed by atoms with Crippen LogP contribution in [0.25, 0.3) is 22.5 Å². The first-order chi connectivity index (χ1) is 19.0. The van der Waals surface area contributed by atoms with Crippen LogP contribution in [-0.4, -0.2) is 51.6 Å². The fourth-order valence-corrected chi connectivity index (χ4v) is 5.67. The molecule has 0 amide bonds. The zero-order valence-corrected chi connectivity index (χ0v) is 22.3. The minimum atomic E-state index is -0.492. The number of aryl methyl sites for hydroxylation is 1. The lowest BCUT2D eigenvalue weighted by Crippen LogP contribution is -2.46. The summed E-state index contributed by atoms with van der Waals surface area (Å²) in [5, 5.41) is 0. The highest BCUT2D eigenvalue weighted by Crippen LogP contribution is 2.36. The third kappa shape index (κ3) is 5.11. The highest BCUT2D eigenvalue weighted by molar-refractivity contribution is 5.80. The van der Waals surface area contributed by atoms with Crippen LogP contribution in [0.3, 0.4) is 0 Å². The molecule has 200 valence electrons. The van der Waals surface area contributed by atoms with E-state index < -0.39 is 11.7 Å². The highest BCUT2D eigenvalue weighted by Gasteiger charge is 2.25. The Bertz CT molecular complexity index is 1520. The van der Waals surface area contributed by atoms with Gasteiger partial charge in [-0.05, 0) is 38.0 Å². The van der Waals surface area contributed by atoms with E-state index in [1.165, 1.54) is 11.6 Å². The second kappa shape index (κ2) is 10.7. The fourth-order valence-electron chi connectivity index (χ4n) is 5.67. The molecule has 3 aliphatic rings. The van der Waals surface area contributed by atoms with E-state index in [0.29, 0.717) is 24.4 Å². The van der Waals surface area contributed by atoms with Crippen LogP contribution in [0.5, 0.6) is 0 Å². The standard InChI is InChI=1S/C32H33F2N5/c1-22-6-8-25(9-7-22)32-29(21-37-16-18-38(19-17-37)23(2)24-12-14-35-15-13-24)39-20-26(10-11-30(39)36-32)31-27(33)4-3-5-28(31)34/h4,6-12,14-15,20,24H,2-3,5,13,16-19,21H2,1H3. The Morgan fingerprint density at radius 3 is 2.51 bits per heavy atom. The van der Waals surface area contributed by atoms with E-state index >= 15 is 0 Å². The molecule has 1 unspecified atom stereocenters. The van der Waals surface area contributed by atoms with Gasteiger partial charge in [0, 0.05) is 80.5 Å².